The minimum absolute atomic E-state index is 0.00273. The smallest absolute Gasteiger partial charge is 0.123 e. The molecule has 0 heterocycles. The third kappa shape index (κ3) is 4.77. The molecule has 0 aliphatic rings. The third-order valence-corrected chi connectivity index (χ3v) is 3.25. The van der Waals surface area contributed by atoms with Gasteiger partial charge in [-0.25, -0.2) is 4.39 Å². The summed E-state index contributed by atoms with van der Waals surface area (Å²) in [5.74, 6) is 0.385. The van der Waals surface area contributed by atoms with Crippen molar-refractivity contribution in [2.45, 2.75) is 53.5 Å². The van der Waals surface area contributed by atoms with Gasteiger partial charge in [-0.15, -0.1) is 0 Å². The van der Waals surface area contributed by atoms with Gasteiger partial charge in [0.2, 0.25) is 0 Å². The standard InChI is InChI=1S/C16H26FN/c1-11(10-16(3,4)5)8-15(18)14-7-6-13(17)9-12(14)2/h6-7,9,11,15H,8,10,18H2,1-5H3. The van der Waals surface area contributed by atoms with Crippen molar-refractivity contribution in [3.05, 3.63) is 35.1 Å². The fourth-order valence-electron chi connectivity index (χ4n) is 2.74. The molecule has 1 aromatic rings. The van der Waals surface area contributed by atoms with Crippen LogP contribution in [0.15, 0.2) is 18.2 Å². The molecule has 0 spiro atoms. The molecule has 0 radical (unpaired) electrons. The van der Waals surface area contributed by atoms with Gasteiger partial charge in [0, 0.05) is 6.04 Å². The van der Waals surface area contributed by atoms with E-state index in [2.05, 4.69) is 27.7 Å². The molecule has 102 valence electrons. The van der Waals surface area contributed by atoms with Crippen molar-refractivity contribution < 1.29 is 4.39 Å². The highest BCUT2D eigenvalue weighted by atomic mass is 19.1. The van der Waals surface area contributed by atoms with Gasteiger partial charge in [0.25, 0.3) is 0 Å². The van der Waals surface area contributed by atoms with E-state index in [0.717, 1.165) is 24.0 Å². The maximum atomic E-state index is 13.1. The highest BCUT2D eigenvalue weighted by Gasteiger charge is 2.19. The summed E-state index contributed by atoms with van der Waals surface area (Å²) in [6.07, 6.45) is 2.10. The fourth-order valence-corrected chi connectivity index (χ4v) is 2.74. The van der Waals surface area contributed by atoms with Gasteiger partial charge in [-0.1, -0.05) is 33.8 Å². The molecule has 2 unspecified atom stereocenters. The van der Waals surface area contributed by atoms with Crippen molar-refractivity contribution in [3.8, 4) is 0 Å². The van der Waals surface area contributed by atoms with Crippen LogP contribution in [0.25, 0.3) is 0 Å². The second kappa shape index (κ2) is 5.83. The first-order valence-corrected chi connectivity index (χ1v) is 6.70. The second-order valence-electron chi connectivity index (χ2n) is 6.71. The lowest BCUT2D eigenvalue weighted by atomic mass is 9.82. The van der Waals surface area contributed by atoms with Crippen LogP contribution in [0.3, 0.4) is 0 Å². The summed E-state index contributed by atoms with van der Waals surface area (Å²) in [5.41, 5.74) is 8.59. The quantitative estimate of drug-likeness (QED) is 0.831. The first-order valence-electron chi connectivity index (χ1n) is 6.70. The zero-order valence-electron chi connectivity index (χ0n) is 12.3. The van der Waals surface area contributed by atoms with Crippen LogP contribution in [-0.4, -0.2) is 0 Å². The molecule has 0 aromatic heterocycles. The monoisotopic (exact) mass is 251 g/mol. The van der Waals surface area contributed by atoms with E-state index in [1.165, 1.54) is 6.07 Å². The SMILES string of the molecule is Cc1cc(F)ccc1C(N)CC(C)CC(C)(C)C. The average molecular weight is 251 g/mol. The largest absolute Gasteiger partial charge is 0.324 e. The van der Waals surface area contributed by atoms with Crippen molar-refractivity contribution in [1.29, 1.82) is 0 Å². The maximum absolute atomic E-state index is 13.1. The van der Waals surface area contributed by atoms with E-state index in [1.54, 1.807) is 6.07 Å². The summed E-state index contributed by atoms with van der Waals surface area (Å²) in [5, 5.41) is 0. The number of halogens is 1. The lowest BCUT2D eigenvalue weighted by Crippen LogP contribution is -2.18. The zero-order chi connectivity index (χ0) is 13.9. The van der Waals surface area contributed by atoms with E-state index in [4.69, 9.17) is 5.73 Å². The van der Waals surface area contributed by atoms with Gasteiger partial charge in [-0.05, 0) is 54.4 Å². The Morgan fingerprint density at radius 1 is 1.28 bits per heavy atom. The summed E-state index contributed by atoms with van der Waals surface area (Å²) < 4.78 is 13.1. The normalized spacial score (nSPS) is 15.5. The Labute approximate surface area is 111 Å². The number of nitrogens with two attached hydrogens (primary N) is 1. The van der Waals surface area contributed by atoms with Crippen LogP contribution < -0.4 is 5.73 Å². The van der Waals surface area contributed by atoms with E-state index >= 15 is 0 Å². The van der Waals surface area contributed by atoms with E-state index in [1.807, 2.05) is 13.0 Å². The topological polar surface area (TPSA) is 26.0 Å². The molecule has 1 nitrogen and oxygen atoms in total. The van der Waals surface area contributed by atoms with Gasteiger partial charge in [0.1, 0.15) is 5.82 Å². The second-order valence-corrected chi connectivity index (χ2v) is 6.71. The first-order chi connectivity index (χ1) is 8.19. The average Bonchev–Trinajstić information content (AvgIpc) is 2.13. The van der Waals surface area contributed by atoms with Crippen molar-refractivity contribution in [2.24, 2.45) is 17.1 Å². The molecular formula is C16H26FN. The molecule has 0 aliphatic heterocycles. The number of hydrogen-bond acceptors (Lipinski definition) is 1. The predicted octanol–water partition coefficient (Wildman–Crippen LogP) is 4.60. The van der Waals surface area contributed by atoms with Crippen molar-refractivity contribution in [2.75, 3.05) is 0 Å². The summed E-state index contributed by atoms with van der Waals surface area (Å²) in [6, 6.07) is 4.88. The molecule has 2 heteroatoms. The minimum Gasteiger partial charge on any atom is -0.324 e. The molecule has 0 saturated carbocycles. The molecule has 1 aromatic carbocycles. The number of rotatable bonds is 4. The van der Waals surface area contributed by atoms with Crippen LogP contribution >= 0.6 is 0 Å². The van der Waals surface area contributed by atoms with E-state index in [0.29, 0.717) is 11.3 Å². The summed E-state index contributed by atoms with van der Waals surface area (Å²) >= 11 is 0. The zero-order valence-corrected chi connectivity index (χ0v) is 12.3. The molecular weight excluding hydrogens is 225 g/mol. The van der Waals surface area contributed by atoms with Gasteiger partial charge < -0.3 is 5.73 Å². The molecule has 2 N–H and O–H groups in total. The summed E-state index contributed by atoms with van der Waals surface area (Å²) in [7, 11) is 0. The van der Waals surface area contributed by atoms with Gasteiger partial charge in [-0.3, -0.25) is 0 Å². The van der Waals surface area contributed by atoms with Crippen LogP contribution in [0, 0.1) is 24.1 Å². The van der Waals surface area contributed by atoms with Gasteiger partial charge in [0.15, 0.2) is 0 Å². The lowest BCUT2D eigenvalue weighted by molar-refractivity contribution is 0.286. The third-order valence-electron chi connectivity index (χ3n) is 3.25. The van der Waals surface area contributed by atoms with Crippen LogP contribution in [0.4, 0.5) is 4.39 Å². The Kier molecular flexibility index (Phi) is 4.92. The Bertz CT molecular complexity index is 393. The van der Waals surface area contributed by atoms with Crippen molar-refractivity contribution >= 4 is 0 Å². The Morgan fingerprint density at radius 2 is 1.89 bits per heavy atom. The highest BCUT2D eigenvalue weighted by Crippen LogP contribution is 2.30. The molecule has 0 amide bonds. The summed E-state index contributed by atoms with van der Waals surface area (Å²) in [6.45, 7) is 10.9. The van der Waals surface area contributed by atoms with Crippen molar-refractivity contribution in [1.82, 2.24) is 0 Å². The predicted molar refractivity (Wildman–Crippen MR) is 75.9 cm³/mol. The Hall–Kier alpha value is -0.890. The lowest BCUT2D eigenvalue weighted by Gasteiger charge is -2.26. The molecule has 0 aliphatic carbocycles. The van der Waals surface area contributed by atoms with Crippen LogP contribution in [0.1, 0.15) is 57.7 Å². The number of aryl methyl sites for hydroxylation is 1. The van der Waals surface area contributed by atoms with Crippen LogP contribution in [-0.2, 0) is 0 Å². The summed E-state index contributed by atoms with van der Waals surface area (Å²) in [4.78, 5) is 0. The Balaban J connectivity index is 2.67. The highest BCUT2D eigenvalue weighted by molar-refractivity contribution is 5.29. The maximum Gasteiger partial charge on any atom is 0.123 e. The van der Waals surface area contributed by atoms with E-state index in [-0.39, 0.29) is 11.9 Å². The van der Waals surface area contributed by atoms with Crippen LogP contribution in [0.5, 0.6) is 0 Å². The van der Waals surface area contributed by atoms with Crippen LogP contribution in [0.2, 0.25) is 0 Å². The molecule has 0 fully saturated rings. The number of hydrogen-bond donors (Lipinski definition) is 1. The van der Waals surface area contributed by atoms with Crippen molar-refractivity contribution in [3.63, 3.8) is 0 Å². The molecule has 0 saturated heterocycles. The Morgan fingerprint density at radius 3 is 2.39 bits per heavy atom. The molecule has 1 rings (SSSR count). The minimum atomic E-state index is -0.189. The van der Waals surface area contributed by atoms with E-state index < -0.39 is 0 Å². The van der Waals surface area contributed by atoms with Gasteiger partial charge >= 0.3 is 0 Å². The first kappa shape index (κ1) is 15.2. The molecule has 2 atom stereocenters. The molecule has 0 bridgehead atoms. The van der Waals surface area contributed by atoms with Gasteiger partial charge in [-0.2, -0.15) is 0 Å². The number of benzene rings is 1. The molecule has 18 heavy (non-hydrogen) atoms. The fraction of sp³-hybridized carbons (Fsp3) is 0.625. The van der Waals surface area contributed by atoms with Gasteiger partial charge in [0.05, 0.1) is 0 Å². The van der Waals surface area contributed by atoms with E-state index in [9.17, 15) is 4.39 Å².